The Balaban J connectivity index is 2.15. The quantitative estimate of drug-likeness (QED) is 0.757. The van der Waals surface area contributed by atoms with Crippen LogP contribution in [-0.2, 0) is 13.1 Å². The summed E-state index contributed by atoms with van der Waals surface area (Å²) >= 11 is 0. The minimum Gasteiger partial charge on any atom is -0.467 e. The zero-order valence-electron chi connectivity index (χ0n) is 12.6. The fraction of sp³-hybridized carbons (Fsp3) is 0.438. The Hall–Kier alpha value is -1.88. The van der Waals surface area contributed by atoms with Crippen molar-refractivity contribution in [2.75, 3.05) is 18.0 Å². The van der Waals surface area contributed by atoms with Gasteiger partial charge in [-0.05, 0) is 38.1 Å². The monoisotopic (exact) mass is 291 g/mol. The maximum atomic E-state index is 14.6. The van der Waals surface area contributed by atoms with Crippen molar-refractivity contribution in [1.29, 1.82) is 0 Å². The molecule has 0 saturated heterocycles. The second-order valence-corrected chi connectivity index (χ2v) is 4.88. The molecule has 0 spiro atoms. The SMILES string of the molecule is CCCNCc1ccnc(N(CC)Cc2ccco2)c1F. The Labute approximate surface area is 125 Å². The molecule has 2 aromatic rings. The van der Waals surface area contributed by atoms with Crippen LogP contribution in [0.3, 0.4) is 0 Å². The lowest BCUT2D eigenvalue weighted by Gasteiger charge is -2.22. The predicted octanol–water partition coefficient (Wildman–Crippen LogP) is 3.34. The van der Waals surface area contributed by atoms with Crippen molar-refractivity contribution < 1.29 is 8.81 Å². The topological polar surface area (TPSA) is 41.3 Å². The highest BCUT2D eigenvalue weighted by Gasteiger charge is 2.16. The standard InChI is InChI=1S/C16H22FN3O/c1-3-8-18-11-13-7-9-19-16(15(13)17)20(4-2)12-14-6-5-10-21-14/h5-7,9-10,18H,3-4,8,11-12H2,1-2H3. The number of furan rings is 1. The van der Waals surface area contributed by atoms with E-state index in [2.05, 4.69) is 17.2 Å². The van der Waals surface area contributed by atoms with Gasteiger partial charge in [0, 0.05) is 24.8 Å². The summed E-state index contributed by atoms with van der Waals surface area (Å²) < 4.78 is 19.9. The van der Waals surface area contributed by atoms with Crippen molar-refractivity contribution >= 4 is 5.82 Å². The third-order valence-corrected chi connectivity index (χ3v) is 3.30. The van der Waals surface area contributed by atoms with Crippen molar-refractivity contribution in [2.45, 2.75) is 33.4 Å². The van der Waals surface area contributed by atoms with Gasteiger partial charge < -0.3 is 14.6 Å². The fourth-order valence-corrected chi connectivity index (χ4v) is 2.16. The first-order valence-corrected chi connectivity index (χ1v) is 7.37. The van der Waals surface area contributed by atoms with Crippen molar-refractivity contribution in [2.24, 2.45) is 0 Å². The van der Waals surface area contributed by atoms with Gasteiger partial charge in [-0.15, -0.1) is 0 Å². The molecule has 0 saturated carbocycles. The molecule has 0 amide bonds. The van der Waals surface area contributed by atoms with Gasteiger partial charge in [0.05, 0.1) is 12.8 Å². The third-order valence-electron chi connectivity index (χ3n) is 3.30. The van der Waals surface area contributed by atoms with Crippen LogP contribution in [-0.4, -0.2) is 18.1 Å². The molecule has 21 heavy (non-hydrogen) atoms. The highest BCUT2D eigenvalue weighted by Crippen LogP contribution is 2.21. The van der Waals surface area contributed by atoms with Gasteiger partial charge in [-0.2, -0.15) is 0 Å². The van der Waals surface area contributed by atoms with Crippen LogP contribution in [0, 0.1) is 5.82 Å². The van der Waals surface area contributed by atoms with E-state index in [-0.39, 0.29) is 5.82 Å². The molecule has 0 bridgehead atoms. The number of hydrogen-bond donors (Lipinski definition) is 1. The average molecular weight is 291 g/mol. The summed E-state index contributed by atoms with van der Waals surface area (Å²) in [6.45, 7) is 6.64. The number of rotatable bonds is 8. The van der Waals surface area contributed by atoms with E-state index in [0.717, 1.165) is 18.7 Å². The van der Waals surface area contributed by atoms with Crippen LogP contribution in [0.2, 0.25) is 0 Å². The Kier molecular flexibility index (Phi) is 5.75. The minimum absolute atomic E-state index is 0.255. The lowest BCUT2D eigenvalue weighted by molar-refractivity contribution is 0.498. The first-order valence-electron chi connectivity index (χ1n) is 7.37. The van der Waals surface area contributed by atoms with Crippen molar-refractivity contribution in [1.82, 2.24) is 10.3 Å². The summed E-state index contributed by atoms with van der Waals surface area (Å²) in [6.07, 6.45) is 4.31. The number of halogens is 1. The molecule has 1 N–H and O–H groups in total. The van der Waals surface area contributed by atoms with Crippen LogP contribution < -0.4 is 10.2 Å². The van der Waals surface area contributed by atoms with Gasteiger partial charge in [-0.3, -0.25) is 0 Å². The number of anilines is 1. The molecule has 0 unspecified atom stereocenters. The second kappa shape index (κ2) is 7.78. The number of pyridine rings is 1. The maximum Gasteiger partial charge on any atom is 0.170 e. The maximum absolute atomic E-state index is 14.6. The zero-order chi connectivity index (χ0) is 15.1. The molecule has 4 nitrogen and oxygen atoms in total. The van der Waals surface area contributed by atoms with E-state index in [9.17, 15) is 4.39 Å². The Morgan fingerprint density at radius 2 is 2.19 bits per heavy atom. The first-order chi connectivity index (χ1) is 10.3. The van der Waals surface area contributed by atoms with Crippen LogP contribution in [0.25, 0.3) is 0 Å². The van der Waals surface area contributed by atoms with E-state index >= 15 is 0 Å². The number of nitrogens with zero attached hydrogens (tertiary/aromatic N) is 2. The van der Waals surface area contributed by atoms with Crippen LogP contribution in [0.15, 0.2) is 35.1 Å². The second-order valence-electron chi connectivity index (χ2n) is 4.88. The van der Waals surface area contributed by atoms with Crippen LogP contribution in [0.5, 0.6) is 0 Å². The highest BCUT2D eigenvalue weighted by atomic mass is 19.1. The highest BCUT2D eigenvalue weighted by molar-refractivity contribution is 5.43. The van der Waals surface area contributed by atoms with E-state index in [0.29, 0.717) is 31.0 Å². The molecule has 0 aliphatic heterocycles. The molecule has 2 aromatic heterocycles. The molecule has 114 valence electrons. The molecule has 5 heteroatoms. The summed E-state index contributed by atoms with van der Waals surface area (Å²) in [5, 5.41) is 3.22. The molecule has 2 rings (SSSR count). The van der Waals surface area contributed by atoms with Crippen molar-refractivity contribution in [3.8, 4) is 0 Å². The van der Waals surface area contributed by atoms with Gasteiger partial charge in [0.2, 0.25) is 0 Å². The van der Waals surface area contributed by atoms with E-state index in [4.69, 9.17) is 4.42 Å². The lowest BCUT2D eigenvalue weighted by atomic mass is 10.2. The molecular weight excluding hydrogens is 269 g/mol. The van der Waals surface area contributed by atoms with E-state index in [1.807, 2.05) is 24.0 Å². The van der Waals surface area contributed by atoms with Crippen molar-refractivity contribution in [3.05, 3.63) is 47.8 Å². The van der Waals surface area contributed by atoms with Gasteiger partial charge in [0.1, 0.15) is 5.76 Å². The van der Waals surface area contributed by atoms with Gasteiger partial charge in [-0.25, -0.2) is 9.37 Å². The van der Waals surface area contributed by atoms with Crippen LogP contribution in [0.4, 0.5) is 10.2 Å². The van der Waals surface area contributed by atoms with E-state index in [1.54, 1.807) is 18.5 Å². The van der Waals surface area contributed by atoms with Crippen LogP contribution >= 0.6 is 0 Å². The fourth-order valence-electron chi connectivity index (χ4n) is 2.16. The Morgan fingerprint density at radius 1 is 1.33 bits per heavy atom. The van der Waals surface area contributed by atoms with Gasteiger partial charge in [-0.1, -0.05) is 6.92 Å². The zero-order valence-corrected chi connectivity index (χ0v) is 12.6. The van der Waals surface area contributed by atoms with E-state index in [1.165, 1.54) is 0 Å². The van der Waals surface area contributed by atoms with Crippen LogP contribution in [0.1, 0.15) is 31.6 Å². The van der Waals surface area contributed by atoms with Gasteiger partial charge >= 0.3 is 0 Å². The largest absolute Gasteiger partial charge is 0.467 e. The molecular formula is C16H22FN3O. The Morgan fingerprint density at radius 3 is 2.86 bits per heavy atom. The number of aromatic nitrogens is 1. The Bertz CT molecular complexity index is 542. The molecule has 2 heterocycles. The molecule has 0 aromatic carbocycles. The summed E-state index contributed by atoms with van der Waals surface area (Å²) in [5.41, 5.74) is 0.645. The lowest BCUT2D eigenvalue weighted by Crippen LogP contribution is -2.25. The minimum atomic E-state index is -0.255. The number of nitrogens with one attached hydrogen (secondary N) is 1. The summed E-state index contributed by atoms with van der Waals surface area (Å²) in [4.78, 5) is 6.07. The first kappa shape index (κ1) is 15.5. The molecule has 0 radical (unpaired) electrons. The predicted molar refractivity (Wildman–Crippen MR) is 81.6 cm³/mol. The molecule has 0 fully saturated rings. The van der Waals surface area contributed by atoms with Gasteiger partial charge in [0.25, 0.3) is 0 Å². The van der Waals surface area contributed by atoms with E-state index < -0.39 is 0 Å². The third kappa shape index (κ3) is 4.04. The summed E-state index contributed by atoms with van der Waals surface area (Å²) in [6, 6.07) is 5.44. The summed E-state index contributed by atoms with van der Waals surface area (Å²) in [7, 11) is 0. The summed E-state index contributed by atoms with van der Waals surface area (Å²) in [5.74, 6) is 0.923. The molecule has 0 atom stereocenters. The molecule has 0 aliphatic carbocycles. The number of hydrogen-bond acceptors (Lipinski definition) is 4. The van der Waals surface area contributed by atoms with Gasteiger partial charge in [0.15, 0.2) is 11.6 Å². The van der Waals surface area contributed by atoms with Crippen molar-refractivity contribution in [3.63, 3.8) is 0 Å². The normalized spacial score (nSPS) is 10.8. The average Bonchev–Trinajstić information content (AvgIpc) is 3.00. The molecule has 0 aliphatic rings. The smallest absolute Gasteiger partial charge is 0.170 e.